The average Bonchev–Trinajstić information content (AvgIpc) is 3.11. The molecule has 1 aromatic heterocycles. The number of rotatable bonds is 5. The van der Waals surface area contributed by atoms with Gasteiger partial charge in [-0.2, -0.15) is 5.10 Å². The number of aryl methyl sites for hydroxylation is 2. The van der Waals surface area contributed by atoms with E-state index in [4.69, 9.17) is 4.74 Å². The van der Waals surface area contributed by atoms with E-state index in [-0.39, 0.29) is 5.91 Å². The number of aromatic nitrogens is 2. The molecule has 1 atom stereocenters. The van der Waals surface area contributed by atoms with Crippen molar-refractivity contribution in [3.8, 4) is 5.75 Å². The first kappa shape index (κ1) is 18.5. The maximum Gasteiger partial charge on any atom is 0.274 e. The zero-order chi connectivity index (χ0) is 18.7. The summed E-state index contributed by atoms with van der Waals surface area (Å²) in [4.78, 5) is 14.5. The Morgan fingerprint density at radius 2 is 2.12 bits per heavy atom. The monoisotopic (exact) mass is 356 g/mol. The molecule has 1 aliphatic rings. The van der Waals surface area contributed by atoms with E-state index in [1.807, 2.05) is 37.8 Å². The maximum atomic E-state index is 12.7. The van der Waals surface area contributed by atoms with Crippen LogP contribution in [-0.2, 0) is 6.54 Å². The molecule has 1 N–H and O–H groups in total. The average molecular weight is 356 g/mol. The van der Waals surface area contributed by atoms with E-state index in [0.29, 0.717) is 18.3 Å². The lowest BCUT2D eigenvalue weighted by molar-refractivity contribution is 0.0777. The number of hydrogen-bond donors (Lipinski definition) is 1. The molecule has 0 radical (unpaired) electrons. The summed E-state index contributed by atoms with van der Waals surface area (Å²) in [5.41, 5.74) is 3.75. The molecular weight excluding hydrogens is 328 g/mol. The molecule has 1 saturated heterocycles. The number of benzene rings is 1. The molecule has 0 aliphatic carbocycles. The van der Waals surface area contributed by atoms with Crippen LogP contribution in [0.2, 0.25) is 0 Å². The molecule has 1 amide bonds. The van der Waals surface area contributed by atoms with E-state index < -0.39 is 0 Å². The van der Waals surface area contributed by atoms with Crippen LogP contribution in [0.1, 0.15) is 46.1 Å². The third-order valence-electron chi connectivity index (χ3n) is 4.96. The normalized spacial score (nSPS) is 17.2. The lowest BCUT2D eigenvalue weighted by Gasteiger charge is -2.23. The number of carbonyl (C=O) groups is 1. The number of amides is 1. The van der Waals surface area contributed by atoms with Crippen molar-refractivity contribution in [1.82, 2.24) is 20.0 Å². The van der Waals surface area contributed by atoms with Crippen molar-refractivity contribution >= 4 is 5.91 Å². The molecule has 6 heteroatoms. The third-order valence-corrected chi connectivity index (χ3v) is 4.96. The second kappa shape index (κ2) is 7.91. The molecule has 2 aromatic rings. The van der Waals surface area contributed by atoms with Gasteiger partial charge in [-0.1, -0.05) is 12.1 Å². The first-order valence-electron chi connectivity index (χ1n) is 9.15. The molecule has 0 bridgehead atoms. The van der Waals surface area contributed by atoms with Gasteiger partial charge in [0.25, 0.3) is 5.91 Å². The van der Waals surface area contributed by atoms with Gasteiger partial charge in [0, 0.05) is 26.3 Å². The van der Waals surface area contributed by atoms with Crippen LogP contribution in [0.5, 0.6) is 5.75 Å². The Hall–Kier alpha value is -2.34. The van der Waals surface area contributed by atoms with E-state index in [1.165, 1.54) is 0 Å². The fourth-order valence-electron chi connectivity index (χ4n) is 3.71. The van der Waals surface area contributed by atoms with Gasteiger partial charge in [-0.3, -0.25) is 9.48 Å². The fourth-order valence-corrected chi connectivity index (χ4v) is 3.71. The van der Waals surface area contributed by atoms with Crippen molar-refractivity contribution in [3.05, 3.63) is 46.8 Å². The van der Waals surface area contributed by atoms with Crippen molar-refractivity contribution in [2.45, 2.75) is 39.3 Å². The van der Waals surface area contributed by atoms with Crippen LogP contribution in [0.15, 0.2) is 24.4 Å². The van der Waals surface area contributed by atoms with Crippen molar-refractivity contribution in [2.24, 2.45) is 0 Å². The maximum absolute atomic E-state index is 12.7. The smallest absolute Gasteiger partial charge is 0.274 e. The minimum atomic E-state index is -0.0568. The van der Waals surface area contributed by atoms with Gasteiger partial charge < -0.3 is 15.0 Å². The van der Waals surface area contributed by atoms with Gasteiger partial charge >= 0.3 is 0 Å². The summed E-state index contributed by atoms with van der Waals surface area (Å²) in [7, 11) is 3.50. The standard InChI is InChI=1S/C20H28N4O2/c1-14-10-16(11-15(2)19(14)26-4)13-23(3)20(25)18-7-9-24(22-18)17-6-5-8-21-12-17/h7,9-11,17,21H,5-6,8,12-13H2,1-4H3. The third kappa shape index (κ3) is 3.90. The van der Waals surface area contributed by atoms with Gasteiger partial charge in [0.2, 0.25) is 0 Å². The Balaban J connectivity index is 1.69. The molecule has 26 heavy (non-hydrogen) atoms. The van der Waals surface area contributed by atoms with Crippen LogP contribution in [0.4, 0.5) is 0 Å². The van der Waals surface area contributed by atoms with Crippen LogP contribution in [0, 0.1) is 13.8 Å². The highest BCUT2D eigenvalue weighted by atomic mass is 16.5. The molecule has 1 aromatic carbocycles. The largest absolute Gasteiger partial charge is 0.496 e. The molecule has 0 spiro atoms. The molecule has 2 heterocycles. The Bertz CT molecular complexity index is 755. The van der Waals surface area contributed by atoms with E-state index in [1.54, 1.807) is 12.0 Å². The summed E-state index contributed by atoms with van der Waals surface area (Å²) in [5.74, 6) is 0.848. The number of ether oxygens (including phenoxy) is 1. The molecule has 1 aliphatic heterocycles. The second-order valence-corrected chi connectivity index (χ2v) is 7.11. The first-order chi connectivity index (χ1) is 12.5. The summed E-state index contributed by atoms with van der Waals surface area (Å²) in [5, 5.41) is 7.91. The predicted molar refractivity (Wildman–Crippen MR) is 102 cm³/mol. The highest BCUT2D eigenvalue weighted by Gasteiger charge is 2.20. The minimum Gasteiger partial charge on any atom is -0.496 e. The Morgan fingerprint density at radius 3 is 2.73 bits per heavy atom. The van der Waals surface area contributed by atoms with E-state index in [2.05, 4.69) is 22.5 Å². The number of nitrogens with zero attached hydrogens (tertiary/aromatic N) is 3. The zero-order valence-corrected chi connectivity index (χ0v) is 16.1. The van der Waals surface area contributed by atoms with Crippen LogP contribution in [0.25, 0.3) is 0 Å². The highest BCUT2D eigenvalue weighted by molar-refractivity contribution is 5.92. The summed E-state index contributed by atoms with van der Waals surface area (Å²) in [6, 6.07) is 6.30. The number of hydrogen-bond acceptors (Lipinski definition) is 4. The Kier molecular flexibility index (Phi) is 5.61. The SMILES string of the molecule is COc1c(C)cc(CN(C)C(=O)c2ccn(C3CCCNC3)n2)cc1C. The van der Waals surface area contributed by atoms with Crippen molar-refractivity contribution in [2.75, 3.05) is 27.2 Å². The van der Waals surface area contributed by atoms with Crippen LogP contribution < -0.4 is 10.1 Å². The molecule has 3 rings (SSSR count). The predicted octanol–water partition coefficient (Wildman–Crippen LogP) is 2.71. The lowest BCUT2D eigenvalue weighted by Crippen LogP contribution is -2.32. The molecule has 0 saturated carbocycles. The number of methoxy groups -OCH3 is 1. The van der Waals surface area contributed by atoms with E-state index in [0.717, 1.165) is 48.4 Å². The van der Waals surface area contributed by atoms with Crippen LogP contribution in [0.3, 0.4) is 0 Å². The Labute approximate surface area is 155 Å². The van der Waals surface area contributed by atoms with Crippen molar-refractivity contribution in [3.63, 3.8) is 0 Å². The fraction of sp³-hybridized carbons (Fsp3) is 0.500. The number of carbonyl (C=O) groups excluding carboxylic acids is 1. The molecule has 140 valence electrons. The summed E-state index contributed by atoms with van der Waals surface area (Å²) in [6.45, 7) is 6.57. The molecule has 1 unspecified atom stereocenters. The van der Waals surface area contributed by atoms with Crippen molar-refractivity contribution < 1.29 is 9.53 Å². The summed E-state index contributed by atoms with van der Waals surface area (Å²) < 4.78 is 7.34. The topological polar surface area (TPSA) is 59.4 Å². The van der Waals surface area contributed by atoms with Gasteiger partial charge in [-0.15, -0.1) is 0 Å². The number of nitrogens with one attached hydrogen (secondary N) is 1. The van der Waals surface area contributed by atoms with Gasteiger partial charge in [-0.25, -0.2) is 0 Å². The van der Waals surface area contributed by atoms with E-state index >= 15 is 0 Å². The van der Waals surface area contributed by atoms with Gasteiger partial charge in [0.05, 0.1) is 13.2 Å². The minimum absolute atomic E-state index is 0.0568. The van der Waals surface area contributed by atoms with E-state index in [9.17, 15) is 4.79 Å². The van der Waals surface area contributed by atoms with Gasteiger partial charge in [0.15, 0.2) is 0 Å². The number of piperidine rings is 1. The zero-order valence-electron chi connectivity index (χ0n) is 16.1. The second-order valence-electron chi connectivity index (χ2n) is 7.11. The lowest BCUT2D eigenvalue weighted by atomic mass is 10.1. The molecule has 1 fully saturated rings. The Morgan fingerprint density at radius 1 is 1.38 bits per heavy atom. The molecular formula is C20H28N4O2. The van der Waals surface area contributed by atoms with Crippen molar-refractivity contribution in [1.29, 1.82) is 0 Å². The van der Waals surface area contributed by atoms with Crippen LogP contribution >= 0.6 is 0 Å². The summed E-state index contributed by atoms with van der Waals surface area (Å²) in [6.07, 6.45) is 4.16. The first-order valence-corrected chi connectivity index (χ1v) is 9.15. The molecule has 6 nitrogen and oxygen atoms in total. The highest BCUT2D eigenvalue weighted by Crippen LogP contribution is 2.25. The van der Waals surface area contributed by atoms with Gasteiger partial charge in [-0.05, 0) is 56.0 Å². The quantitative estimate of drug-likeness (QED) is 0.895. The summed E-state index contributed by atoms with van der Waals surface area (Å²) >= 11 is 0. The van der Waals surface area contributed by atoms with Crippen LogP contribution in [-0.4, -0.2) is 47.8 Å². The van der Waals surface area contributed by atoms with Gasteiger partial charge in [0.1, 0.15) is 11.4 Å².